The van der Waals surface area contributed by atoms with Gasteiger partial charge < -0.3 is 9.67 Å². The third kappa shape index (κ3) is 1.61. The van der Waals surface area contributed by atoms with E-state index in [0.717, 1.165) is 11.4 Å². The summed E-state index contributed by atoms with van der Waals surface area (Å²) < 4.78 is 1.88. The number of aromatic nitrogens is 1. The van der Waals surface area contributed by atoms with Crippen LogP contribution in [0.1, 0.15) is 11.4 Å². The molecule has 0 aromatic carbocycles. The summed E-state index contributed by atoms with van der Waals surface area (Å²) in [4.78, 5) is 10.3. The lowest BCUT2D eigenvalue weighted by atomic mass is 10.3. The van der Waals surface area contributed by atoms with Crippen LogP contribution < -0.4 is 0 Å². The van der Waals surface area contributed by atoms with Crippen molar-refractivity contribution in [3.63, 3.8) is 0 Å². The summed E-state index contributed by atoms with van der Waals surface area (Å²) in [6.45, 7) is 1.95. The van der Waals surface area contributed by atoms with Gasteiger partial charge in [-0.1, -0.05) is 0 Å². The summed E-state index contributed by atoms with van der Waals surface area (Å²) >= 11 is 0. The first kappa shape index (κ1) is 7.85. The molecule has 0 aliphatic heterocycles. The van der Waals surface area contributed by atoms with Crippen LogP contribution in [-0.2, 0) is 18.3 Å². The maximum atomic E-state index is 10.3. The molecule has 1 heterocycles. The van der Waals surface area contributed by atoms with Crippen LogP contribution in [0.4, 0.5) is 0 Å². The molecule has 0 bridgehead atoms. The quantitative estimate of drug-likeness (QED) is 0.687. The van der Waals surface area contributed by atoms with Gasteiger partial charge in [-0.2, -0.15) is 0 Å². The van der Waals surface area contributed by atoms with Crippen LogP contribution in [0.5, 0.6) is 0 Å². The van der Waals surface area contributed by atoms with E-state index in [1.54, 1.807) is 0 Å². The lowest BCUT2D eigenvalue weighted by molar-refractivity contribution is -0.136. The van der Waals surface area contributed by atoms with E-state index in [0.29, 0.717) is 0 Å². The Morgan fingerprint density at radius 2 is 2.27 bits per heavy atom. The van der Waals surface area contributed by atoms with Gasteiger partial charge in [0, 0.05) is 18.4 Å². The highest BCUT2D eigenvalue weighted by atomic mass is 16.4. The van der Waals surface area contributed by atoms with E-state index in [2.05, 4.69) is 0 Å². The van der Waals surface area contributed by atoms with Crippen LogP contribution in [0, 0.1) is 6.92 Å². The normalized spacial score (nSPS) is 10.0. The molecule has 3 heteroatoms. The average molecular weight is 153 g/mol. The molecule has 1 aromatic rings. The highest BCUT2D eigenvalue weighted by Gasteiger charge is 2.04. The number of nitrogens with zero attached hydrogens (tertiary/aromatic N) is 1. The molecule has 0 amide bonds. The standard InChI is InChI=1S/C8H11NO2/c1-6-3-4-7(9(6)2)5-8(10)11/h3-4H,5H2,1-2H3,(H,10,11). The van der Waals surface area contributed by atoms with Crippen LogP contribution >= 0.6 is 0 Å². The van der Waals surface area contributed by atoms with Crippen molar-refractivity contribution in [1.82, 2.24) is 4.57 Å². The second-order valence-electron chi connectivity index (χ2n) is 2.60. The van der Waals surface area contributed by atoms with Crippen molar-refractivity contribution in [3.05, 3.63) is 23.5 Å². The zero-order valence-corrected chi connectivity index (χ0v) is 6.66. The lowest BCUT2D eigenvalue weighted by Gasteiger charge is -2.00. The van der Waals surface area contributed by atoms with Gasteiger partial charge >= 0.3 is 5.97 Å². The number of carboxylic acids is 1. The molecule has 0 radical (unpaired) electrons. The maximum Gasteiger partial charge on any atom is 0.309 e. The van der Waals surface area contributed by atoms with Crippen molar-refractivity contribution in [1.29, 1.82) is 0 Å². The fraction of sp³-hybridized carbons (Fsp3) is 0.375. The molecule has 3 nitrogen and oxygen atoms in total. The SMILES string of the molecule is Cc1ccc(CC(=O)O)n1C. The Bertz CT molecular complexity index is 276. The molecule has 0 atom stereocenters. The van der Waals surface area contributed by atoms with E-state index in [1.165, 1.54) is 0 Å². The Morgan fingerprint density at radius 3 is 2.64 bits per heavy atom. The van der Waals surface area contributed by atoms with Crippen molar-refractivity contribution in [2.45, 2.75) is 13.3 Å². The molecule has 0 saturated carbocycles. The minimum atomic E-state index is -0.786. The lowest BCUT2D eigenvalue weighted by Crippen LogP contribution is -2.05. The minimum Gasteiger partial charge on any atom is -0.481 e. The Balaban J connectivity index is 2.87. The van der Waals surface area contributed by atoms with Crippen molar-refractivity contribution in [2.24, 2.45) is 7.05 Å². The fourth-order valence-electron chi connectivity index (χ4n) is 0.999. The summed E-state index contributed by atoms with van der Waals surface area (Å²) in [6.07, 6.45) is 0.102. The van der Waals surface area contributed by atoms with E-state index < -0.39 is 5.97 Å². The molecule has 1 N–H and O–H groups in total. The third-order valence-corrected chi connectivity index (χ3v) is 1.81. The molecule has 1 aromatic heterocycles. The van der Waals surface area contributed by atoms with E-state index in [4.69, 9.17) is 5.11 Å². The Labute approximate surface area is 65.3 Å². The van der Waals surface area contributed by atoms with Crippen molar-refractivity contribution in [3.8, 4) is 0 Å². The van der Waals surface area contributed by atoms with E-state index in [1.807, 2.05) is 30.7 Å². The van der Waals surface area contributed by atoms with Crippen molar-refractivity contribution < 1.29 is 9.90 Å². The van der Waals surface area contributed by atoms with Gasteiger partial charge in [-0.05, 0) is 19.1 Å². The molecular weight excluding hydrogens is 142 g/mol. The summed E-state index contributed by atoms with van der Waals surface area (Å²) in [5, 5.41) is 8.49. The minimum absolute atomic E-state index is 0.102. The first-order chi connectivity index (χ1) is 5.11. The smallest absolute Gasteiger partial charge is 0.309 e. The molecule has 60 valence electrons. The van der Waals surface area contributed by atoms with Gasteiger partial charge in [0.1, 0.15) is 0 Å². The summed E-state index contributed by atoms with van der Waals surface area (Å²) in [6, 6.07) is 3.75. The van der Waals surface area contributed by atoms with E-state index in [9.17, 15) is 4.79 Å². The number of carboxylic acid groups (broad SMARTS) is 1. The highest BCUT2D eigenvalue weighted by Crippen LogP contribution is 2.05. The van der Waals surface area contributed by atoms with Gasteiger partial charge in [-0.25, -0.2) is 0 Å². The highest BCUT2D eigenvalue weighted by molar-refractivity contribution is 5.69. The topological polar surface area (TPSA) is 42.2 Å². The van der Waals surface area contributed by atoms with Gasteiger partial charge in [-0.3, -0.25) is 4.79 Å². The fourth-order valence-corrected chi connectivity index (χ4v) is 0.999. The zero-order valence-electron chi connectivity index (χ0n) is 6.66. The van der Waals surface area contributed by atoms with Gasteiger partial charge in [0.2, 0.25) is 0 Å². The molecule has 0 saturated heterocycles. The van der Waals surface area contributed by atoms with Crippen LogP contribution in [0.25, 0.3) is 0 Å². The molecule has 0 spiro atoms. The van der Waals surface area contributed by atoms with Crippen LogP contribution in [0.3, 0.4) is 0 Å². The first-order valence-electron chi connectivity index (χ1n) is 3.44. The van der Waals surface area contributed by atoms with Gasteiger partial charge in [0.25, 0.3) is 0 Å². The molecule has 0 aliphatic carbocycles. The molecule has 1 rings (SSSR count). The molecule has 0 aliphatic rings. The van der Waals surface area contributed by atoms with Gasteiger partial charge in [0.15, 0.2) is 0 Å². The molecule has 0 fully saturated rings. The number of hydrogen-bond acceptors (Lipinski definition) is 1. The molecule has 11 heavy (non-hydrogen) atoms. The number of hydrogen-bond donors (Lipinski definition) is 1. The van der Waals surface area contributed by atoms with Crippen LogP contribution in [0.15, 0.2) is 12.1 Å². The number of aryl methyl sites for hydroxylation is 1. The summed E-state index contributed by atoms with van der Waals surface area (Å²) in [5.74, 6) is -0.786. The maximum absolute atomic E-state index is 10.3. The van der Waals surface area contributed by atoms with E-state index >= 15 is 0 Å². The second kappa shape index (κ2) is 2.78. The van der Waals surface area contributed by atoms with Gasteiger partial charge in [-0.15, -0.1) is 0 Å². The summed E-state index contributed by atoms with van der Waals surface area (Å²) in [5.41, 5.74) is 1.93. The Morgan fingerprint density at radius 1 is 1.64 bits per heavy atom. The first-order valence-corrected chi connectivity index (χ1v) is 3.44. The zero-order chi connectivity index (χ0) is 8.43. The van der Waals surface area contributed by atoms with Crippen LogP contribution in [0.2, 0.25) is 0 Å². The second-order valence-corrected chi connectivity index (χ2v) is 2.60. The molecule has 0 unspecified atom stereocenters. The monoisotopic (exact) mass is 153 g/mol. The molecular formula is C8H11NO2. The van der Waals surface area contributed by atoms with Crippen molar-refractivity contribution >= 4 is 5.97 Å². The number of rotatable bonds is 2. The van der Waals surface area contributed by atoms with Crippen LogP contribution in [-0.4, -0.2) is 15.6 Å². The summed E-state index contributed by atoms with van der Waals surface area (Å²) in [7, 11) is 1.87. The van der Waals surface area contributed by atoms with Crippen molar-refractivity contribution in [2.75, 3.05) is 0 Å². The Hall–Kier alpha value is -1.25. The third-order valence-electron chi connectivity index (χ3n) is 1.81. The van der Waals surface area contributed by atoms with Gasteiger partial charge in [0.05, 0.1) is 6.42 Å². The Kier molecular flexibility index (Phi) is 1.98. The predicted octanol–water partition coefficient (Wildman–Crippen LogP) is 0.961. The largest absolute Gasteiger partial charge is 0.481 e. The number of aliphatic carboxylic acids is 1. The number of carbonyl (C=O) groups is 1. The van der Waals surface area contributed by atoms with E-state index in [-0.39, 0.29) is 6.42 Å². The average Bonchev–Trinajstić information content (AvgIpc) is 2.18. The predicted molar refractivity (Wildman–Crippen MR) is 41.5 cm³/mol.